The molecule has 5 nitrogen and oxygen atoms in total. The normalized spacial score (nSPS) is 26.7. The highest BCUT2D eigenvalue weighted by Crippen LogP contribution is 2.34. The minimum Gasteiger partial charge on any atom is -0.360 e. The molecule has 140 valence electrons. The summed E-state index contributed by atoms with van der Waals surface area (Å²) in [6, 6.07) is 4.65. The third-order valence-electron chi connectivity index (χ3n) is 5.75. The summed E-state index contributed by atoms with van der Waals surface area (Å²) in [5.74, 6) is -0.453. The third-order valence-corrected chi connectivity index (χ3v) is 5.75. The Balaban J connectivity index is 1.53. The molecule has 3 unspecified atom stereocenters. The zero-order chi connectivity index (χ0) is 18.3. The van der Waals surface area contributed by atoms with Gasteiger partial charge in [-0.3, -0.25) is 15.8 Å². The van der Waals surface area contributed by atoms with Crippen LogP contribution in [0, 0.1) is 25.5 Å². The van der Waals surface area contributed by atoms with Crippen LogP contribution in [0.25, 0.3) is 0 Å². The van der Waals surface area contributed by atoms with Gasteiger partial charge in [0.25, 0.3) is 0 Å². The number of hydrazine groups is 1. The van der Waals surface area contributed by atoms with Crippen molar-refractivity contribution in [2.24, 2.45) is 0 Å². The Bertz CT molecular complexity index is 794. The van der Waals surface area contributed by atoms with Crippen molar-refractivity contribution in [3.05, 3.63) is 52.4 Å². The highest BCUT2D eigenvalue weighted by molar-refractivity contribution is 5.26. The molecule has 2 aromatic rings. The number of likely N-dealkylation sites (tertiary alicyclic amines) is 1. The maximum atomic E-state index is 13.5. The lowest BCUT2D eigenvalue weighted by Gasteiger charge is -2.31. The lowest BCUT2D eigenvalue weighted by atomic mass is 9.89. The molecule has 3 atom stereocenters. The van der Waals surface area contributed by atoms with Crippen molar-refractivity contribution in [1.82, 2.24) is 20.9 Å². The van der Waals surface area contributed by atoms with Crippen LogP contribution in [0.2, 0.25) is 0 Å². The van der Waals surface area contributed by atoms with E-state index in [1.807, 2.05) is 13.8 Å². The number of benzene rings is 1. The Hall–Kier alpha value is -1.83. The monoisotopic (exact) mass is 362 g/mol. The first-order chi connectivity index (χ1) is 12.5. The number of aromatic nitrogens is 1. The van der Waals surface area contributed by atoms with Crippen molar-refractivity contribution >= 4 is 0 Å². The molecule has 1 aromatic heterocycles. The number of hydrogen-bond donors (Lipinski definition) is 2. The van der Waals surface area contributed by atoms with Crippen LogP contribution in [0.5, 0.6) is 0 Å². The zero-order valence-corrected chi connectivity index (χ0v) is 15.1. The molecule has 0 bridgehead atoms. The van der Waals surface area contributed by atoms with E-state index >= 15 is 0 Å². The van der Waals surface area contributed by atoms with Crippen LogP contribution >= 0.6 is 0 Å². The van der Waals surface area contributed by atoms with Gasteiger partial charge in [0.1, 0.15) is 5.76 Å². The molecule has 0 amide bonds. The van der Waals surface area contributed by atoms with E-state index in [1.165, 1.54) is 12.1 Å². The zero-order valence-electron chi connectivity index (χ0n) is 15.1. The van der Waals surface area contributed by atoms with Crippen molar-refractivity contribution < 1.29 is 13.3 Å². The van der Waals surface area contributed by atoms with Gasteiger partial charge in [0.05, 0.1) is 11.6 Å². The Morgan fingerprint density at radius 2 is 2.12 bits per heavy atom. The molecular weight excluding hydrogens is 338 g/mol. The van der Waals surface area contributed by atoms with E-state index in [1.54, 1.807) is 6.07 Å². The molecule has 3 heterocycles. The molecular formula is C19H24F2N4O. The molecule has 2 N–H and O–H groups in total. The van der Waals surface area contributed by atoms with Crippen LogP contribution in [0.1, 0.15) is 41.3 Å². The van der Waals surface area contributed by atoms with E-state index in [2.05, 4.69) is 20.9 Å². The Morgan fingerprint density at radius 3 is 2.85 bits per heavy atom. The fourth-order valence-corrected chi connectivity index (χ4v) is 4.24. The Labute approximate surface area is 151 Å². The first-order valence-corrected chi connectivity index (χ1v) is 9.13. The van der Waals surface area contributed by atoms with Crippen LogP contribution in [-0.4, -0.2) is 35.2 Å². The lowest BCUT2D eigenvalue weighted by molar-refractivity contribution is 0.189. The maximum absolute atomic E-state index is 13.5. The summed E-state index contributed by atoms with van der Waals surface area (Å²) in [6.07, 6.45) is 2.15. The highest BCUT2D eigenvalue weighted by atomic mass is 19.2. The predicted molar refractivity (Wildman–Crippen MR) is 93.4 cm³/mol. The summed E-state index contributed by atoms with van der Waals surface area (Å²) in [7, 11) is 0. The predicted octanol–water partition coefficient (Wildman–Crippen LogP) is 2.79. The van der Waals surface area contributed by atoms with Gasteiger partial charge in [-0.05, 0) is 50.9 Å². The number of rotatable bonds is 4. The Kier molecular flexibility index (Phi) is 4.77. The second kappa shape index (κ2) is 7.06. The topological polar surface area (TPSA) is 53.3 Å². The van der Waals surface area contributed by atoms with E-state index in [4.69, 9.17) is 4.52 Å². The molecule has 0 aliphatic carbocycles. The molecule has 1 aromatic carbocycles. The van der Waals surface area contributed by atoms with Gasteiger partial charge < -0.3 is 4.52 Å². The van der Waals surface area contributed by atoms with Crippen LogP contribution in [-0.2, 0) is 6.54 Å². The molecule has 0 radical (unpaired) electrons. The van der Waals surface area contributed by atoms with Crippen LogP contribution in [0.3, 0.4) is 0 Å². The first-order valence-electron chi connectivity index (χ1n) is 9.13. The van der Waals surface area contributed by atoms with Crippen molar-refractivity contribution in [2.45, 2.75) is 51.2 Å². The second-order valence-electron chi connectivity index (χ2n) is 7.34. The van der Waals surface area contributed by atoms with Crippen molar-refractivity contribution in [3.63, 3.8) is 0 Å². The summed E-state index contributed by atoms with van der Waals surface area (Å²) >= 11 is 0. The summed E-state index contributed by atoms with van der Waals surface area (Å²) in [5.41, 5.74) is 9.50. The quantitative estimate of drug-likeness (QED) is 0.876. The third kappa shape index (κ3) is 3.15. The lowest BCUT2D eigenvalue weighted by Crippen LogP contribution is -2.47. The largest absolute Gasteiger partial charge is 0.360 e. The average molecular weight is 362 g/mol. The van der Waals surface area contributed by atoms with Crippen LogP contribution in [0.4, 0.5) is 8.78 Å². The molecule has 26 heavy (non-hydrogen) atoms. The first kappa shape index (κ1) is 17.6. The van der Waals surface area contributed by atoms with Gasteiger partial charge in [-0.25, -0.2) is 8.78 Å². The highest BCUT2D eigenvalue weighted by Gasteiger charge is 2.42. The SMILES string of the molecule is Cc1noc(C2CNNC2C2CCCN2Cc2ccc(F)c(F)c2)c1C. The van der Waals surface area contributed by atoms with Crippen molar-refractivity contribution in [1.29, 1.82) is 0 Å². The number of nitrogens with one attached hydrogen (secondary N) is 2. The minimum absolute atomic E-state index is 0.189. The number of aryl methyl sites for hydroxylation is 1. The van der Waals surface area contributed by atoms with Crippen LogP contribution in [0.15, 0.2) is 22.7 Å². The van der Waals surface area contributed by atoms with E-state index < -0.39 is 11.6 Å². The standard InChI is InChI=1S/C19H24F2N4O/c1-11-12(2)24-26-19(11)14-9-22-23-18(14)17-4-3-7-25(17)10-13-5-6-15(20)16(21)8-13/h5-6,8,14,17-18,22-23H,3-4,7,9-10H2,1-2H3. The van der Waals surface area contributed by atoms with E-state index in [0.717, 1.165) is 48.5 Å². The molecule has 4 rings (SSSR count). The maximum Gasteiger partial charge on any atom is 0.159 e. The summed E-state index contributed by atoms with van der Waals surface area (Å²) in [4.78, 5) is 2.35. The fourth-order valence-electron chi connectivity index (χ4n) is 4.24. The van der Waals surface area contributed by atoms with E-state index in [0.29, 0.717) is 12.6 Å². The van der Waals surface area contributed by atoms with Gasteiger partial charge in [-0.2, -0.15) is 0 Å². The molecule has 2 aliphatic heterocycles. The smallest absolute Gasteiger partial charge is 0.159 e. The molecule has 7 heteroatoms. The van der Waals surface area contributed by atoms with Gasteiger partial charge in [-0.15, -0.1) is 0 Å². The van der Waals surface area contributed by atoms with Crippen molar-refractivity contribution in [2.75, 3.05) is 13.1 Å². The molecule has 2 fully saturated rings. The van der Waals surface area contributed by atoms with Gasteiger partial charge in [0.15, 0.2) is 11.6 Å². The molecule has 0 saturated carbocycles. The summed E-state index contributed by atoms with van der Waals surface area (Å²) in [5, 5.41) is 4.11. The fraction of sp³-hybridized carbons (Fsp3) is 0.526. The van der Waals surface area contributed by atoms with Gasteiger partial charge in [0, 0.05) is 30.7 Å². The minimum atomic E-state index is -0.801. The Morgan fingerprint density at radius 1 is 1.27 bits per heavy atom. The molecule has 2 saturated heterocycles. The summed E-state index contributed by atoms with van der Waals surface area (Å²) in [6.45, 7) is 6.35. The number of nitrogens with zero attached hydrogens (tertiary/aromatic N) is 2. The number of hydrogen-bond acceptors (Lipinski definition) is 5. The summed E-state index contributed by atoms with van der Waals surface area (Å²) < 4.78 is 32.3. The van der Waals surface area contributed by atoms with Crippen LogP contribution < -0.4 is 10.9 Å². The van der Waals surface area contributed by atoms with E-state index in [9.17, 15) is 8.78 Å². The number of halogens is 2. The second-order valence-corrected chi connectivity index (χ2v) is 7.34. The van der Waals surface area contributed by atoms with Gasteiger partial charge >= 0.3 is 0 Å². The van der Waals surface area contributed by atoms with Crippen molar-refractivity contribution in [3.8, 4) is 0 Å². The average Bonchev–Trinajstić information content (AvgIpc) is 3.33. The van der Waals surface area contributed by atoms with Gasteiger partial charge in [-0.1, -0.05) is 11.2 Å². The van der Waals surface area contributed by atoms with E-state index in [-0.39, 0.29) is 12.0 Å². The molecule has 2 aliphatic rings. The molecule has 0 spiro atoms. The van der Waals surface area contributed by atoms with Gasteiger partial charge in [0.2, 0.25) is 0 Å².